The van der Waals surface area contributed by atoms with Crippen molar-refractivity contribution in [2.24, 2.45) is 0 Å². The molecule has 2 N–H and O–H groups in total. The van der Waals surface area contributed by atoms with Gasteiger partial charge in [0.05, 0.1) is 0 Å². The average Bonchev–Trinajstić information content (AvgIpc) is 3.03. The van der Waals surface area contributed by atoms with Crippen molar-refractivity contribution >= 4 is 12.2 Å². The van der Waals surface area contributed by atoms with E-state index in [2.05, 4.69) is 48.7 Å². The van der Waals surface area contributed by atoms with Crippen molar-refractivity contribution in [3.8, 4) is 11.5 Å². The van der Waals surface area contributed by atoms with Crippen LogP contribution in [0.5, 0.6) is 11.5 Å². The maximum absolute atomic E-state index is 12.1. The lowest BCUT2D eigenvalue weighted by Crippen LogP contribution is -2.28. The molecule has 2 rings (SSSR count). The molecule has 2 aromatic carbocycles. The molecule has 0 aliphatic carbocycles. The maximum Gasteiger partial charge on any atom is 0.412 e. The topological polar surface area (TPSA) is 76.7 Å². The van der Waals surface area contributed by atoms with Crippen LogP contribution in [0.15, 0.2) is 48.5 Å². The molecule has 0 aliphatic rings. The first-order valence-corrected chi connectivity index (χ1v) is 17.7. The monoisotopic (exact) mass is 608 g/mol. The normalized spacial score (nSPS) is 10.9. The lowest BCUT2D eigenvalue weighted by Gasteiger charge is -2.09. The number of hydrogen-bond donors (Lipinski definition) is 2. The van der Waals surface area contributed by atoms with E-state index >= 15 is 0 Å². The summed E-state index contributed by atoms with van der Waals surface area (Å²) in [4.78, 5) is 24.2. The van der Waals surface area contributed by atoms with E-state index in [9.17, 15) is 9.59 Å². The van der Waals surface area contributed by atoms with Gasteiger partial charge in [-0.1, -0.05) is 128 Å². The predicted molar refractivity (Wildman–Crippen MR) is 183 cm³/mol. The van der Waals surface area contributed by atoms with Crippen LogP contribution in [0.2, 0.25) is 0 Å². The fourth-order valence-electron chi connectivity index (χ4n) is 5.29. The van der Waals surface area contributed by atoms with E-state index in [1.807, 2.05) is 24.3 Å². The molecular formula is C38H60N2O4. The number of ether oxygens (including phenoxy) is 2. The first-order chi connectivity index (χ1) is 21.6. The minimum Gasteiger partial charge on any atom is -0.410 e. The number of amides is 2. The summed E-state index contributed by atoms with van der Waals surface area (Å²) in [6.45, 7) is 5.64. The summed E-state index contributed by atoms with van der Waals surface area (Å²) in [6.07, 6.45) is 23.3. The SMILES string of the molecule is CCCCCCCCCc1ccc(OC(=O)NCCCCCCNC(=O)Oc2ccc(CCCCCCCCC)cc2)cc1. The molecule has 44 heavy (non-hydrogen) atoms. The van der Waals surface area contributed by atoms with Gasteiger partial charge in [0.2, 0.25) is 0 Å². The molecule has 0 saturated carbocycles. The Morgan fingerprint density at radius 1 is 0.455 bits per heavy atom. The molecule has 6 heteroatoms. The van der Waals surface area contributed by atoms with Crippen molar-refractivity contribution in [1.29, 1.82) is 0 Å². The second-order valence-corrected chi connectivity index (χ2v) is 12.1. The van der Waals surface area contributed by atoms with E-state index in [-0.39, 0.29) is 0 Å². The minimum atomic E-state index is -0.417. The summed E-state index contributed by atoms with van der Waals surface area (Å²) in [7, 11) is 0. The maximum atomic E-state index is 12.1. The van der Waals surface area contributed by atoms with Gasteiger partial charge in [-0.15, -0.1) is 0 Å². The highest BCUT2D eigenvalue weighted by atomic mass is 16.6. The van der Waals surface area contributed by atoms with Gasteiger partial charge in [0.15, 0.2) is 0 Å². The van der Waals surface area contributed by atoms with Gasteiger partial charge < -0.3 is 20.1 Å². The van der Waals surface area contributed by atoms with E-state index in [4.69, 9.17) is 9.47 Å². The van der Waals surface area contributed by atoms with Crippen molar-refractivity contribution in [3.63, 3.8) is 0 Å². The van der Waals surface area contributed by atoms with Crippen molar-refractivity contribution in [2.45, 2.75) is 142 Å². The smallest absolute Gasteiger partial charge is 0.410 e. The Balaban J connectivity index is 1.43. The van der Waals surface area contributed by atoms with E-state index in [1.54, 1.807) is 0 Å². The Hall–Kier alpha value is -3.02. The summed E-state index contributed by atoms with van der Waals surface area (Å²) in [5, 5.41) is 5.64. The second kappa shape index (κ2) is 25.3. The van der Waals surface area contributed by atoms with Crippen molar-refractivity contribution in [1.82, 2.24) is 10.6 Å². The Bertz CT molecular complexity index is 909. The highest BCUT2D eigenvalue weighted by Crippen LogP contribution is 2.17. The standard InChI is InChI=1S/C38H60N2O4/c1-3-5-7-9-11-13-17-21-33-23-27-35(28-24-33)43-37(41)39-31-19-15-16-20-32-40-38(42)44-36-29-25-34(26-30-36)22-18-14-12-10-8-6-4-2/h23-30H,3-22,31-32H2,1-2H3,(H,39,41)(H,40,42). The molecule has 0 aromatic heterocycles. The zero-order chi connectivity index (χ0) is 31.5. The number of unbranched alkanes of at least 4 members (excludes halogenated alkanes) is 15. The van der Waals surface area contributed by atoms with E-state index < -0.39 is 12.2 Å². The molecule has 0 spiro atoms. The summed E-state index contributed by atoms with van der Waals surface area (Å²) >= 11 is 0. The number of carbonyl (C=O) groups excluding carboxylic acids is 2. The van der Waals surface area contributed by atoms with Crippen LogP contribution in [0, 0.1) is 0 Å². The highest BCUT2D eigenvalue weighted by molar-refractivity contribution is 5.70. The van der Waals surface area contributed by atoms with Crippen LogP contribution in [0.4, 0.5) is 9.59 Å². The molecule has 0 bridgehead atoms. The van der Waals surface area contributed by atoms with Crippen LogP contribution in [-0.4, -0.2) is 25.3 Å². The first kappa shape index (κ1) is 37.2. The summed E-state index contributed by atoms with van der Waals surface area (Å²) in [5.41, 5.74) is 2.58. The molecule has 0 atom stereocenters. The van der Waals surface area contributed by atoms with Gasteiger partial charge in [-0.2, -0.15) is 0 Å². The lowest BCUT2D eigenvalue weighted by molar-refractivity contribution is 0.198. The van der Waals surface area contributed by atoms with E-state index in [0.717, 1.165) is 38.5 Å². The molecule has 6 nitrogen and oxygen atoms in total. The van der Waals surface area contributed by atoms with Crippen LogP contribution in [0.1, 0.15) is 141 Å². The van der Waals surface area contributed by atoms with Crippen molar-refractivity contribution < 1.29 is 19.1 Å². The van der Waals surface area contributed by atoms with Gasteiger partial charge in [0, 0.05) is 13.1 Å². The third kappa shape index (κ3) is 19.3. The Labute approximate surface area is 268 Å². The molecule has 2 amide bonds. The van der Waals surface area contributed by atoms with Crippen LogP contribution >= 0.6 is 0 Å². The Kier molecular flexibility index (Phi) is 21.4. The Morgan fingerprint density at radius 3 is 1.14 bits per heavy atom. The highest BCUT2D eigenvalue weighted by Gasteiger charge is 2.06. The molecule has 2 aromatic rings. The van der Waals surface area contributed by atoms with Crippen molar-refractivity contribution in [3.05, 3.63) is 59.7 Å². The number of rotatable bonds is 25. The quantitative estimate of drug-likeness (QED) is 0.110. The number of benzene rings is 2. The van der Waals surface area contributed by atoms with Gasteiger partial charge in [-0.3, -0.25) is 0 Å². The molecule has 246 valence electrons. The zero-order valence-electron chi connectivity index (χ0n) is 27.8. The second-order valence-electron chi connectivity index (χ2n) is 12.1. The molecule has 0 radical (unpaired) electrons. The fraction of sp³-hybridized carbons (Fsp3) is 0.632. The zero-order valence-corrected chi connectivity index (χ0v) is 27.8. The molecule has 0 saturated heterocycles. The predicted octanol–water partition coefficient (Wildman–Crippen LogP) is 10.7. The molecule has 0 aliphatic heterocycles. The summed E-state index contributed by atoms with van der Waals surface area (Å²) in [5.74, 6) is 1.14. The van der Waals surface area contributed by atoms with Crippen LogP contribution in [0.3, 0.4) is 0 Å². The number of aryl methyl sites for hydroxylation is 2. The molecule has 0 unspecified atom stereocenters. The van der Waals surface area contributed by atoms with Gasteiger partial charge in [0.25, 0.3) is 0 Å². The minimum absolute atomic E-state index is 0.417. The third-order valence-corrected chi connectivity index (χ3v) is 8.05. The van der Waals surface area contributed by atoms with Crippen molar-refractivity contribution in [2.75, 3.05) is 13.1 Å². The molecule has 0 fully saturated rings. The van der Waals surface area contributed by atoms with Gasteiger partial charge >= 0.3 is 12.2 Å². The number of hydrogen-bond acceptors (Lipinski definition) is 4. The van der Waals surface area contributed by atoms with E-state index in [1.165, 1.54) is 101 Å². The van der Waals surface area contributed by atoms with Gasteiger partial charge in [-0.25, -0.2) is 9.59 Å². The number of carbonyl (C=O) groups is 2. The van der Waals surface area contributed by atoms with Crippen LogP contribution < -0.4 is 20.1 Å². The lowest BCUT2D eigenvalue weighted by atomic mass is 10.0. The first-order valence-electron chi connectivity index (χ1n) is 17.7. The third-order valence-electron chi connectivity index (χ3n) is 8.05. The van der Waals surface area contributed by atoms with Crippen LogP contribution in [-0.2, 0) is 12.8 Å². The molecule has 0 heterocycles. The van der Waals surface area contributed by atoms with E-state index in [0.29, 0.717) is 24.6 Å². The molecular weight excluding hydrogens is 548 g/mol. The van der Waals surface area contributed by atoms with Crippen LogP contribution in [0.25, 0.3) is 0 Å². The fourth-order valence-corrected chi connectivity index (χ4v) is 5.29. The van der Waals surface area contributed by atoms with Gasteiger partial charge in [-0.05, 0) is 73.9 Å². The Morgan fingerprint density at radius 2 is 0.773 bits per heavy atom. The summed E-state index contributed by atoms with van der Waals surface area (Å²) in [6, 6.07) is 15.7. The average molecular weight is 609 g/mol. The largest absolute Gasteiger partial charge is 0.412 e. The van der Waals surface area contributed by atoms with Gasteiger partial charge in [0.1, 0.15) is 11.5 Å². The number of nitrogens with one attached hydrogen (secondary N) is 2. The summed E-state index contributed by atoms with van der Waals surface area (Å²) < 4.78 is 10.8.